The zero-order valence-corrected chi connectivity index (χ0v) is 16.2. The van der Waals surface area contributed by atoms with Crippen molar-refractivity contribution in [2.24, 2.45) is 0 Å². The Bertz CT molecular complexity index is 894. The van der Waals surface area contributed by atoms with Gasteiger partial charge in [0.1, 0.15) is 17.3 Å². The molecule has 1 N–H and O–H groups in total. The van der Waals surface area contributed by atoms with Crippen LogP contribution in [-0.4, -0.2) is 31.7 Å². The van der Waals surface area contributed by atoms with E-state index in [9.17, 15) is 18.4 Å². The third-order valence-electron chi connectivity index (χ3n) is 3.77. The van der Waals surface area contributed by atoms with Gasteiger partial charge in [-0.15, -0.1) is 0 Å². The van der Waals surface area contributed by atoms with Crippen molar-refractivity contribution in [1.29, 1.82) is 0 Å². The lowest BCUT2D eigenvalue weighted by molar-refractivity contribution is -0.148. The Labute approximate surface area is 167 Å². The SMILES string of the molecule is CCOc1cc(/C=C/C(=O)O[C@H](C)C(=O)Nc2c(F)cccc2F)ccc1OC. The Morgan fingerprint density at radius 3 is 2.45 bits per heavy atom. The molecule has 2 rings (SSSR count). The molecule has 0 radical (unpaired) electrons. The van der Waals surface area contributed by atoms with Gasteiger partial charge in [0.2, 0.25) is 0 Å². The second-order valence-electron chi connectivity index (χ2n) is 5.84. The number of para-hydroxylation sites is 1. The Kier molecular flexibility index (Phi) is 7.70. The van der Waals surface area contributed by atoms with Crippen molar-refractivity contribution in [3.05, 3.63) is 59.7 Å². The largest absolute Gasteiger partial charge is 0.493 e. The molecule has 2 aromatic rings. The number of methoxy groups -OCH3 is 1. The zero-order chi connectivity index (χ0) is 21.4. The highest BCUT2D eigenvalue weighted by Crippen LogP contribution is 2.28. The molecular weight excluding hydrogens is 384 g/mol. The average molecular weight is 405 g/mol. The maximum atomic E-state index is 13.6. The van der Waals surface area contributed by atoms with E-state index < -0.39 is 35.3 Å². The van der Waals surface area contributed by atoms with Gasteiger partial charge >= 0.3 is 5.97 Å². The minimum atomic E-state index is -1.26. The van der Waals surface area contributed by atoms with Crippen LogP contribution in [0.2, 0.25) is 0 Å². The standard InChI is InChI=1S/C21H21F2NO5/c1-4-28-18-12-14(8-10-17(18)27-3)9-11-19(25)29-13(2)21(26)24-20-15(22)6-5-7-16(20)23/h5-13H,4H2,1-3H3,(H,24,26)/b11-9+/t13-/m1/s1. The normalized spacial score (nSPS) is 11.8. The van der Waals surface area contributed by atoms with Crippen LogP contribution >= 0.6 is 0 Å². The second kappa shape index (κ2) is 10.2. The van der Waals surface area contributed by atoms with Gasteiger partial charge in [0.15, 0.2) is 17.6 Å². The van der Waals surface area contributed by atoms with Crippen molar-refractivity contribution in [3.8, 4) is 11.5 Å². The van der Waals surface area contributed by atoms with E-state index >= 15 is 0 Å². The molecule has 0 aliphatic heterocycles. The van der Waals surface area contributed by atoms with E-state index in [0.29, 0.717) is 23.7 Å². The summed E-state index contributed by atoms with van der Waals surface area (Å²) in [5.41, 5.74) is 0.0503. The molecule has 154 valence electrons. The minimum absolute atomic E-state index is 0.445. The van der Waals surface area contributed by atoms with E-state index in [-0.39, 0.29) is 0 Å². The summed E-state index contributed by atoms with van der Waals surface area (Å²) in [7, 11) is 1.52. The number of anilines is 1. The molecule has 0 aromatic heterocycles. The molecule has 29 heavy (non-hydrogen) atoms. The molecule has 0 heterocycles. The van der Waals surface area contributed by atoms with E-state index in [2.05, 4.69) is 5.32 Å². The van der Waals surface area contributed by atoms with Crippen molar-refractivity contribution in [2.75, 3.05) is 19.0 Å². The first kappa shape index (κ1) is 21.9. The Morgan fingerprint density at radius 1 is 1.14 bits per heavy atom. The molecule has 0 unspecified atom stereocenters. The van der Waals surface area contributed by atoms with Gasteiger partial charge in [-0.3, -0.25) is 4.79 Å². The quantitative estimate of drug-likeness (QED) is 0.532. The number of rotatable bonds is 8. The number of hydrogen-bond donors (Lipinski definition) is 1. The number of carbonyl (C=O) groups excluding carboxylic acids is 2. The number of ether oxygens (including phenoxy) is 3. The van der Waals surface area contributed by atoms with Gasteiger partial charge in [-0.25, -0.2) is 13.6 Å². The van der Waals surface area contributed by atoms with E-state index in [1.807, 2.05) is 6.92 Å². The van der Waals surface area contributed by atoms with Crippen molar-refractivity contribution in [1.82, 2.24) is 0 Å². The van der Waals surface area contributed by atoms with Crippen molar-refractivity contribution >= 4 is 23.6 Å². The molecular formula is C21H21F2NO5. The van der Waals surface area contributed by atoms with Gasteiger partial charge in [-0.05, 0) is 49.8 Å². The molecule has 0 aliphatic rings. The summed E-state index contributed by atoms with van der Waals surface area (Å²) in [5, 5.41) is 2.07. The number of halogens is 2. The summed E-state index contributed by atoms with van der Waals surface area (Å²) in [6.45, 7) is 3.57. The summed E-state index contributed by atoms with van der Waals surface area (Å²) >= 11 is 0. The average Bonchev–Trinajstić information content (AvgIpc) is 2.69. The van der Waals surface area contributed by atoms with Crippen LogP contribution in [0.3, 0.4) is 0 Å². The number of carbonyl (C=O) groups is 2. The first-order valence-electron chi connectivity index (χ1n) is 8.80. The number of benzene rings is 2. The first-order chi connectivity index (χ1) is 13.8. The van der Waals surface area contributed by atoms with Crippen LogP contribution in [0, 0.1) is 11.6 Å². The smallest absolute Gasteiger partial charge is 0.331 e. The predicted molar refractivity (Wildman–Crippen MR) is 104 cm³/mol. The van der Waals surface area contributed by atoms with Gasteiger partial charge < -0.3 is 19.5 Å². The predicted octanol–water partition coefficient (Wildman–Crippen LogP) is 3.96. The fourth-order valence-corrected chi connectivity index (χ4v) is 2.34. The molecule has 0 spiro atoms. The number of amides is 1. The van der Waals surface area contributed by atoms with Crippen LogP contribution < -0.4 is 14.8 Å². The molecule has 6 nitrogen and oxygen atoms in total. The Balaban J connectivity index is 1.99. The third kappa shape index (κ3) is 6.03. The highest BCUT2D eigenvalue weighted by atomic mass is 19.1. The van der Waals surface area contributed by atoms with Crippen LogP contribution in [0.1, 0.15) is 19.4 Å². The van der Waals surface area contributed by atoms with Gasteiger partial charge in [-0.1, -0.05) is 12.1 Å². The topological polar surface area (TPSA) is 73.9 Å². The van der Waals surface area contributed by atoms with Crippen LogP contribution in [-0.2, 0) is 14.3 Å². The molecule has 8 heteroatoms. The van der Waals surface area contributed by atoms with Gasteiger partial charge in [0, 0.05) is 6.08 Å². The van der Waals surface area contributed by atoms with E-state index in [0.717, 1.165) is 18.2 Å². The van der Waals surface area contributed by atoms with Crippen molar-refractivity contribution < 1.29 is 32.6 Å². The fourth-order valence-electron chi connectivity index (χ4n) is 2.34. The van der Waals surface area contributed by atoms with Crippen molar-refractivity contribution in [2.45, 2.75) is 20.0 Å². The molecule has 0 saturated carbocycles. The van der Waals surface area contributed by atoms with Crippen LogP contribution in [0.5, 0.6) is 11.5 Å². The number of hydrogen-bond acceptors (Lipinski definition) is 5. The summed E-state index contributed by atoms with van der Waals surface area (Å²) in [5.74, 6) is -2.44. The Morgan fingerprint density at radius 2 is 1.83 bits per heavy atom. The lowest BCUT2D eigenvalue weighted by Gasteiger charge is -2.13. The highest BCUT2D eigenvalue weighted by Gasteiger charge is 2.20. The molecule has 0 bridgehead atoms. The van der Waals surface area contributed by atoms with Crippen LogP contribution in [0.15, 0.2) is 42.5 Å². The zero-order valence-electron chi connectivity index (χ0n) is 16.2. The van der Waals surface area contributed by atoms with E-state index in [1.54, 1.807) is 18.2 Å². The van der Waals surface area contributed by atoms with Crippen LogP contribution in [0.25, 0.3) is 6.08 Å². The maximum absolute atomic E-state index is 13.6. The first-order valence-corrected chi connectivity index (χ1v) is 8.80. The molecule has 0 saturated heterocycles. The lowest BCUT2D eigenvalue weighted by atomic mass is 10.2. The van der Waals surface area contributed by atoms with E-state index in [4.69, 9.17) is 14.2 Å². The maximum Gasteiger partial charge on any atom is 0.331 e. The summed E-state index contributed by atoms with van der Waals surface area (Å²) in [6, 6.07) is 8.26. The molecule has 1 atom stereocenters. The van der Waals surface area contributed by atoms with Crippen LogP contribution in [0.4, 0.5) is 14.5 Å². The molecule has 0 fully saturated rings. The fraction of sp³-hybridized carbons (Fsp3) is 0.238. The monoisotopic (exact) mass is 405 g/mol. The van der Waals surface area contributed by atoms with Gasteiger partial charge in [-0.2, -0.15) is 0 Å². The number of esters is 1. The molecule has 0 aliphatic carbocycles. The highest BCUT2D eigenvalue weighted by molar-refractivity contribution is 5.96. The summed E-state index contributed by atoms with van der Waals surface area (Å²) in [4.78, 5) is 24.0. The third-order valence-corrected chi connectivity index (χ3v) is 3.77. The molecule has 1 amide bonds. The van der Waals surface area contributed by atoms with E-state index in [1.165, 1.54) is 26.2 Å². The van der Waals surface area contributed by atoms with Gasteiger partial charge in [0.05, 0.1) is 13.7 Å². The molecule has 2 aromatic carbocycles. The van der Waals surface area contributed by atoms with Crippen molar-refractivity contribution in [3.63, 3.8) is 0 Å². The lowest BCUT2D eigenvalue weighted by Crippen LogP contribution is -2.30. The summed E-state index contributed by atoms with van der Waals surface area (Å²) < 4.78 is 42.8. The Hall–Kier alpha value is -3.42. The minimum Gasteiger partial charge on any atom is -0.493 e. The second-order valence-corrected chi connectivity index (χ2v) is 5.84. The summed E-state index contributed by atoms with van der Waals surface area (Å²) in [6.07, 6.45) is 1.34. The number of nitrogens with one attached hydrogen (secondary N) is 1. The van der Waals surface area contributed by atoms with Gasteiger partial charge in [0.25, 0.3) is 5.91 Å².